The molecule has 6 heteroatoms. The summed E-state index contributed by atoms with van der Waals surface area (Å²) in [7, 11) is 3.41. The average molecular weight is 347 g/mol. The second-order valence-corrected chi connectivity index (χ2v) is 5.81. The second kappa shape index (κ2) is 7.11. The zero-order valence-corrected chi connectivity index (χ0v) is 14.4. The number of carbonyl (C=O) groups is 2. The van der Waals surface area contributed by atoms with Crippen LogP contribution in [0.3, 0.4) is 0 Å². The van der Waals surface area contributed by atoms with Crippen LogP contribution < -0.4 is 10.1 Å². The van der Waals surface area contributed by atoms with Gasteiger partial charge in [0, 0.05) is 35.4 Å². The standard InChI is InChI=1S/C20H17N3O3/c1-23-11-10-15-16(4-3-5-18(15)23)19(24)17(12-21)20(25)22-13-6-8-14(26-2)9-7-13/h3-11,17H,1-2H3,(H,22,25). The lowest BCUT2D eigenvalue weighted by molar-refractivity contribution is -0.117. The fourth-order valence-electron chi connectivity index (χ4n) is 2.80. The van der Waals surface area contributed by atoms with E-state index in [0.29, 0.717) is 17.0 Å². The van der Waals surface area contributed by atoms with Crippen LogP contribution in [0.5, 0.6) is 5.75 Å². The van der Waals surface area contributed by atoms with Crippen molar-refractivity contribution in [3.05, 3.63) is 60.3 Å². The Hall–Kier alpha value is -3.59. The van der Waals surface area contributed by atoms with E-state index < -0.39 is 17.6 Å². The Morgan fingerprint density at radius 1 is 1.15 bits per heavy atom. The molecule has 0 radical (unpaired) electrons. The molecule has 1 unspecified atom stereocenters. The van der Waals surface area contributed by atoms with Crippen LogP contribution in [-0.4, -0.2) is 23.4 Å². The molecule has 0 aliphatic heterocycles. The Bertz CT molecular complexity index is 1010. The van der Waals surface area contributed by atoms with Gasteiger partial charge in [-0.15, -0.1) is 0 Å². The summed E-state index contributed by atoms with van der Waals surface area (Å²) in [5.41, 5.74) is 1.71. The molecule has 0 spiro atoms. The maximum absolute atomic E-state index is 12.8. The largest absolute Gasteiger partial charge is 0.497 e. The van der Waals surface area contributed by atoms with E-state index in [2.05, 4.69) is 5.32 Å². The van der Waals surface area contributed by atoms with E-state index >= 15 is 0 Å². The molecule has 6 nitrogen and oxygen atoms in total. The van der Waals surface area contributed by atoms with E-state index in [-0.39, 0.29) is 0 Å². The molecule has 0 saturated carbocycles. The van der Waals surface area contributed by atoms with Gasteiger partial charge in [-0.05, 0) is 36.4 Å². The Kier molecular flexibility index (Phi) is 4.72. The van der Waals surface area contributed by atoms with Gasteiger partial charge in [-0.2, -0.15) is 5.26 Å². The first-order valence-electron chi connectivity index (χ1n) is 7.98. The van der Waals surface area contributed by atoms with Crippen molar-refractivity contribution in [3.8, 4) is 11.8 Å². The molecule has 0 bridgehead atoms. The van der Waals surface area contributed by atoms with Crippen molar-refractivity contribution >= 4 is 28.3 Å². The Labute approximate surface area is 150 Å². The van der Waals surface area contributed by atoms with Gasteiger partial charge >= 0.3 is 0 Å². The van der Waals surface area contributed by atoms with E-state index in [1.54, 1.807) is 49.6 Å². The zero-order valence-electron chi connectivity index (χ0n) is 14.4. The third-order valence-electron chi connectivity index (χ3n) is 4.20. The number of rotatable bonds is 5. The number of fused-ring (bicyclic) bond motifs is 1. The number of benzene rings is 2. The van der Waals surface area contributed by atoms with Gasteiger partial charge in [0.1, 0.15) is 5.75 Å². The van der Waals surface area contributed by atoms with Crippen molar-refractivity contribution < 1.29 is 14.3 Å². The molecule has 1 N–H and O–H groups in total. The second-order valence-electron chi connectivity index (χ2n) is 5.81. The number of aryl methyl sites for hydroxylation is 1. The SMILES string of the molecule is COc1ccc(NC(=O)C(C#N)C(=O)c2cccc3c2ccn3C)cc1. The number of Topliss-reactive ketones (excluding diaryl/α,β-unsaturated/α-hetero) is 1. The van der Waals surface area contributed by atoms with E-state index in [4.69, 9.17) is 4.74 Å². The molecule has 1 amide bonds. The molecule has 3 rings (SSSR count). The highest BCUT2D eigenvalue weighted by Crippen LogP contribution is 2.23. The van der Waals surface area contributed by atoms with Gasteiger partial charge in [0.05, 0.1) is 13.2 Å². The fourth-order valence-corrected chi connectivity index (χ4v) is 2.80. The van der Waals surface area contributed by atoms with Gasteiger partial charge < -0.3 is 14.6 Å². The van der Waals surface area contributed by atoms with Gasteiger partial charge in [0.25, 0.3) is 0 Å². The van der Waals surface area contributed by atoms with Crippen molar-refractivity contribution in [3.63, 3.8) is 0 Å². The predicted octanol–water partition coefficient (Wildman–Crippen LogP) is 3.15. The van der Waals surface area contributed by atoms with Crippen LogP contribution >= 0.6 is 0 Å². The Balaban J connectivity index is 1.86. The van der Waals surface area contributed by atoms with Gasteiger partial charge in [0.15, 0.2) is 11.7 Å². The van der Waals surface area contributed by atoms with Crippen molar-refractivity contribution in [1.29, 1.82) is 5.26 Å². The number of ether oxygens (including phenoxy) is 1. The van der Waals surface area contributed by atoms with Gasteiger partial charge in [0.2, 0.25) is 5.91 Å². The molecule has 0 aliphatic carbocycles. The van der Waals surface area contributed by atoms with Crippen molar-refractivity contribution in [2.75, 3.05) is 12.4 Å². The quantitative estimate of drug-likeness (QED) is 0.568. The van der Waals surface area contributed by atoms with Crippen LogP contribution in [0.25, 0.3) is 10.9 Å². The summed E-state index contributed by atoms with van der Waals surface area (Å²) in [5, 5.41) is 12.7. The molecule has 1 heterocycles. The number of nitriles is 1. The van der Waals surface area contributed by atoms with E-state index in [0.717, 1.165) is 10.9 Å². The number of aromatic nitrogens is 1. The van der Waals surface area contributed by atoms with Crippen LogP contribution in [0.15, 0.2) is 54.7 Å². The Morgan fingerprint density at radius 2 is 1.88 bits per heavy atom. The van der Waals surface area contributed by atoms with Crippen molar-refractivity contribution in [1.82, 2.24) is 4.57 Å². The van der Waals surface area contributed by atoms with E-state index in [1.165, 1.54) is 0 Å². The number of hydrogen-bond acceptors (Lipinski definition) is 4. The summed E-state index contributed by atoms with van der Waals surface area (Å²) in [6.07, 6.45) is 1.83. The molecule has 0 aliphatic rings. The third-order valence-corrected chi connectivity index (χ3v) is 4.20. The first-order chi connectivity index (χ1) is 12.5. The number of carbonyl (C=O) groups excluding carboxylic acids is 2. The summed E-state index contributed by atoms with van der Waals surface area (Å²) < 4.78 is 6.94. The molecule has 0 fully saturated rings. The summed E-state index contributed by atoms with van der Waals surface area (Å²) in [6.45, 7) is 0. The van der Waals surface area contributed by atoms with Crippen molar-refractivity contribution in [2.45, 2.75) is 0 Å². The van der Waals surface area contributed by atoms with Crippen LogP contribution in [0.1, 0.15) is 10.4 Å². The number of ketones is 1. The highest BCUT2D eigenvalue weighted by Gasteiger charge is 2.29. The van der Waals surface area contributed by atoms with Crippen LogP contribution in [0.2, 0.25) is 0 Å². The topological polar surface area (TPSA) is 84.1 Å². The van der Waals surface area contributed by atoms with Crippen LogP contribution in [0, 0.1) is 17.2 Å². The minimum absolute atomic E-state index is 0.361. The molecule has 26 heavy (non-hydrogen) atoms. The van der Waals surface area contributed by atoms with E-state index in [1.807, 2.05) is 29.9 Å². The summed E-state index contributed by atoms with van der Waals surface area (Å²) in [4.78, 5) is 25.3. The minimum atomic E-state index is -1.43. The molecule has 130 valence electrons. The number of nitrogens with one attached hydrogen (secondary N) is 1. The molecule has 2 aromatic carbocycles. The lowest BCUT2D eigenvalue weighted by Crippen LogP contribution is -2.28. The first-order valence-corrected chi connectivity index (χ1v) is 7.98. The summed E-state index contributed by atoms with van der Waals surface area (Å²) >= 11 is 0. The Morgan fingerprint density at radius 3 is 2.54 bits per heavy atom. The lowest BCUT2D eigenvalue weighted by atomic mass is 9.95. The molecule has 0 saturated heterocycles. The maximum atomic E-state index is 12.8. The average Bonchev–Trinajstić information content (AvgIpc) is 3.04. The molecule has 1 aromatic heterocycles. The van der Waals surface area contributed by atoms with Crippen LogP contribution in [0.4, 0.5) is 5.69 Å². The normalized spacial score (nSPS) is 11.6. The van der Waals surface area contributed by atoms with Crippen LogP contribution in [-0.2, 0) is 11.8 Å². The smallest absolute Gasteiger partial charge is 0.249 e. The fraction of sp³-hybridized carbons (Fsp3) is 0.150. The number of hydrogen-bond donors (Lipinski definition) is 1. The molecule has 1 atom stereocenters. The maximum Gasteiger partial charge on any atom is 0.249 e. The molecule has 3 aromatic rings. The first kappa shape index (κ1) is 17.2. The number of methoxy groups -OCH3 is 1. The highest BCUT2D eigenvalue weighted by molar-refractivity contribution is 6.19. The summed E-state index contributed by atoms with van der Waals surface area (Å²) in [6, 6.07) is 15.5. The highest BCUT2D eigenvalue weighted by atomic mass is 16.5. The third kappa shape index (κ3) is 3.15. The zero-order chi connectivity index (χ0) is 18.7. The predicted molar refractivity (Wildman–Crippen MR) is 98.0 cm³/mol. The number of amides is 1. The van der Waals surface area contributed by atoms with Gasteiger partial charge in [-0.3, -0.25) is 9.59 Å². The molecular weight excluding hydrogens is 330 g/mol. The summed E-state index contributed by atoms with van der Waals surface area (Å²) in [5.74, 6) is -1.96. The van der Waals surface area contributed by atoms with Gasteiger partial charge in [-0.1, -0.05) is 12.1 Å². The van der Waals surface area contributed by atoms with Gasteiger partial charge in [-0.25, -0.2) is 0 Å². The number of nitrogens with zero attached hydrogens (tertiary/aromatic N) is 2. The van der Waals surface area contributed by atoms with Crippen molar-refractivity contribution in [2.24, 2.45) is 13.0 Å². The minimum Gasteiger partial charge on any atom is -0.497 e. The lowest BCUT2D eigenvalue weighted by Gasteiger charge is -2.11. The molecular formula is C20H17N3O3. The van der Waals surface area contributed by atoms with E-state index in [9.17, 15) is 14.9 Å². The monoisotopic (exact) mass is 347 g/mol. The number of anilines is 1.